The van der Waals surface area contributed by atoms with Crippen molar-refractivity contribution in [3.8, 4) is 17.2 Å². The van der Waals surface area contributed by atoms with E-state index in [4.69, 9.17) is 14.2 Å². The summed E-state index contributed by atoms with van der Waals surface area (Å²) in [4.78, 5) is 11.9. The van der Waals surface area contributed by atoms with E-state index in [0.717, 1.165) is 16.2 Å². The zero-order chi connectivity index (χ0) is 21.9. The van der Waals surface area contributed by atoms with E-state index in [0.29, 0.717) is 41.7 Å². The Hall–Kier alpha value is -1.95. The van der Waals surface area contributed by atoms with Crippen molar-refractivity contribution in [3.63, 3.8) is 0 Å². The fourth-order valence-corrected chi connectivity index (χ4v) is 7.78. The zero-order valence-corrected chi connectivity index (χ0v) is 19.6. The van der Waals surface area contributed by atoms with Crippen molar-refractivity contribution in [1.82, 2.24) is 9.62 Å². The molecule has 1 amide bonds. The smallest absolute Gasteiger partial charge is 0.253 e. The predicted molar refractivity (Wildman–Crippen MR) is 117 cm³/mol. The van der Waals surface area contributed by atoms with Crippen LogP contribution in [0.2, 0.25) is 0 Å². The van der Waals surface area contributed by atoms with Crippen molar-refractivity contribution < 1.29 is 27.4 Å². The molecule has 1 aromatic carbocycles. The molecule has 1 unspecified atom stereocenters. The van der Waals surface area contributed by atoms with E-state index >= 15 is 0 Å². The zero-order valence-electron chi connectivity index (χ0n) is 17.1. The first-order valence-corrected chi connectivity index (χ1v) is 12.4. The Morgan fingerprint density at radius 3 is 2.43 bits per heavy atom. The minimum absolute atomic E-state index is 0.163. The number of amides is 1. The van der Waals surface area contributed by atoms with Gasteiger partial charge in [-0.2, -0.15) is 4.31 Å². The molecule has 2 heterocycles. The van der Waals surface area contributed by atoms with Crippen molar-refractivity contribution >= 4 is 39.0 Å². The number of methoxy groups -OCH3 is 3. The largest absolute Gasteiger partial charge is 0.496 e. The van der Waals surface area contributed by atoms with Gasteiger partial charge >= 0.3 is 0 Å². The first kappa shape index (κ1) is 22.7. The van der Waals surface area contributed by atoms with Crippen LogP contribution in [-0.4, -0.2) is 52.3 Å². The van der Waals surface area contributed by atoms with Crippen LogP contribution in [0.15, 0.2) is 28.5 Å². The molecular formula is C19H24N2O6S3. The summed E-state index contributed by atoms with van der Waals surface area (Å²) in [6.45, 7) is 2.11. The molecule has 1 aromatic heterocycles. The molecule has 1 atom stereocenters. The van der Waals surface area contributed by atoms with E-state index in [1.165, 1.54) is 44.3 Å². The van der Waals surface area contributed by atoms with Gasteiger partial charge in [-0.3, -0.25) is 4.79 Å². The molecule has 0 bridgehead atoms. The number of carbonyl (C=O) groups excluding carboxylic acids is 1. The fourth-order valence-electron chi connectivity index (χ4n) is 3.11. The number of carbonyl (C=O) groups is 1. The summed E-state index contributed by atoms with van der Waals surface area (Å²) < 4.78 is 44.7. The van der Waals surface area contributed by atoms with Crippen LogP contribution in [-0.2, 0) is 21.4 Å². The van der Waals surface area contributed by atoms with Crippen LogP contribution in [0.25, 0.3) is 0 Å². The molecule has 1 N–H and O–H groups in total. The van der Waals surface area contributed by atoms with E-state index < -0.39 is 15.4 Å². The summed E-state index contributed by atoms with van der Waals surface area (Å²) in [6, 6.07) is 6.78. The topological polar surface area (TPSA) is 94.2 Å². The monoisotopic (exact) mass is 472 g/mol. The summed E-state index contributed by atoms with van der Waals surface area (Å²) in [5, 5.41) is 2.23. The number of thioether (sulfide) groups is 1. The number of rotatable bonds is 8. The minimum Gasteiger partial charge on any atom is -0.496 e. The fraction of sp³-hybridized carbons (Fsp3) is 0.421. The third-order valence-electron chi connectivity index (χ3n) is 4.56. The molecule has 3 rings (SSSR count). The molecule has 1 aliphatic rings. The van der Waals surface area contributed by atoms with Gasteiger partial charge in [0.2, 0.25) is 5.91 Å². The van der Waals surface area contributed by atoms with Crippen LogP contribution in [0, 0.1) is 0 Å². The van der Waals surface area contributed by atoms with Crippen molar-refractivity contribution in [3.05, 3.63) is 34.7 Å². The highest BCUT2D eigenvalue weighted by Gasteiger charge is 2.39. The van der Waals surface area contributed by atoms with E-state index in [2.05, 4.69) is 5.32 Å². The Labute approximate surface area is 184 Å². The highest BCUT2D eigenvalue weighted by Crippen LogP contribution is 2.48. The number of thiophene rings is 1. The van der Waals surface area contributed by atoms with Crippen molar-refractivity contribution in [2.75, 3.05) is 33.6 Å². The van der Waals surface area contributed by atoms with Gasteiger partial charge in [-0.05, 0) is 18.2 Å². The van der Waals surface area contributed by atoms with Crippen LogP contribution in [0.3, 0.4) is 0 Å². The van der Waals surface area contributed by atoms with E-state index in [9.17, 15) is 13.2 Å². The Morgan fingerprint density at radius 1 is 1.13 bits per heavy atom. The van der Waals surface area contributed by atoms with Gasteiger partial charge in [0, 0.05) is 35.7 Å². The first-order chi connectivity index (χ1) is 14.3. The lowest BCUT2D eigenvalue weighted by Crippen LogP contribution is -2.30. The second kappa shape index (κ2) is 9.46. The second-order valence-corrected chi connectivity index (χ2v) is 10.9. The Bertz CT molecular complexity index is 1020. The van der Waals surface area contributed by atoms with Crippen molar-refractivity contribution in [2.24, 2.45) is 0 Å². The van der Waals surface area contributed by atoms with E-state index in [1.807, 2.05) is 0 Å². The van der Waals surface area contributed by atoms with Gasteiger partial charge in [-0.1, -0.05) is 0 Å². The summed E-state index contributed by atoms with van der Waals surface area (Å²) in [5.41, 5.74) is 0.705. The third kappa shape index (κ3) is 4.53. The maximum Gasteiger partial charge on any atom is 0.253 e. The van der Waals surface area contributed by atoms with E-state index in [-0.39, 0.29) is 10.1 Å². The van der Waals surface area contributed by atoms with Crippen molar-refractivity contribution in [1.29, 1.82) is 0 Å². The highest BCUT2D eigenvalue weighted by molar-refractivity contribution is 8.01. The number of nitrogens with one attached hydrogen (secondary N) is 1. The number of nitrogens with zero attached hydrogens (tertiary/aromatic N) is 1. The van der Waals surface area contributed by atoms with Gasteiger partial charge in [-0.25, -0.2) is 8.42 Å². The highest BCUT2D eigenvalue weighted by atomic mass is 32.2. The summed E-state index contributed by atoms with van der Waals surface area (Å²) in [7, 11) is 0.885. The normalized spacial score (nSPS) is 17.0. The molecule has 0 spiro atoms. The van der Waals surface area contributed by atoms with Crippen LogP contribution in [0.1, 0.15) is 22.7 Å². The molecule has 1 aliphatic heterocycles. The lowest BCUT2D eigenvalue weighted by atomic mass is 10.1. The van der Waals surface area contributed by atoms with Crippen LogP contribution < -0.4 is 19.5 Å². The maximum atomic E-state index is 13.4. The van der Waals surface area contributed by atoms with Crippen LogP contribution in [0.4, 0.5) is 0 Å². The van der Waals surface area contributed by atoms with Gasteiger partial charge in [0.05, 0.1) is 33.2 Å². The molecule has 0 radical (unpaired) electrons. The van der Waals surface area contributed by atoms with Gasteiger partial charge in [0.1, 0.15) is 9.96 Å². The van der Waals surface area contributed by atoms with Gasteiger partial charge in [0.15, 0.2) is 11.5 Å². The van der Waals surface area contributed by atoms with Crippen LogP contribution in [0.5, 0.6) is 17.2 Å². The molecule has 30 heavy (non-hydrogen) atoms. The second-order valence-electron chi connectivity index (χ2n) is 6.42. The first-order valence-electron chi connectivity index (χ1n) is 9.08. The molecule has 1 fully saturated rings. The minimum atomic E-state index is -3.72. The number of hydrogen-bond donors (Lipinski definition) is 1. The SMILES string of the molecule is COc1cc(OC)c(C2SCCN2S(=O)(=O)c2ccc(CNC(C)=O)s2)cc1OC. The Kier molecular flexibility index (Phi) is 7.17. The molecule has 11 heteroatoms. The Balaban J connectivity index is 1.94. The summed E-state index contributed by atoms with van der Waals surface area (Å²) in [5.74, 6) is 2.04. The maximum absolute atomic E-state index is 13.4. The standard InChI is InChI=1S/C19H24N2O6S3/c1-12(22)20-11-13-5-6-18(29-13)30(23,24)21-7-8-28-19(21)14-9-16(26-3)17(27-4)10-15(14)25-2/h5-6,9-10,19H,7-8,11H2,1-4H3,(H,20,22). The molecule has 0 aliphatic carbocycles. The van der Waals surface area contributed by atoms with Gasteiger partial charge in [-0.15, -0.1) is 23.1 Å². The average molecular weight is 473 g/mol. The van der Waals surface area contributed by atoms with Gasteiger partial charge < -0.3 is 19.5 Å². The molecule has 1 saturated heterocycles. The molecule has 2 aromatic rings. The number of hydrogen-bond acceptors (Lipinski definition) is 8. The molecule has 164 valence electrons. The number of benzene rings is 1. The molecule has 8 nitrogen and oxygen atoms in total. The predicted octanol–water partition coefficient (Wildman–Crippen LogP) is 2.85. The summed E-state index contributed by atoms with van der Waals surface area (Å²) in [6.07, 6.45) is 0. The van der Waals surface area contributed by atoms with E-state index in [1.54, 1.807) is 24.3 Å². The molecule has 0 saturated carbocycles. The van der Waals surface area contributed by atoms with Crippen molar-refractivity contribution in [2.45, 2.75) is 23.1 Å². The summed E-state index contributed by atoms with van der Waals surface area (Å²) >= 11 is 2.69. The lowest BCUT2D eigenvalue weighted by molar-refractivity contribution is -0.119. The quantitative estimate of drug-likeness (QED) is 0.631. The average Bonchev–Trinajstić information content (AvgIpc) is 3.41. The number of ether oxygens (including phenoxy) is 3. The Morgan fingerprint density at radius 2 is 1.80 bits per heavy atom. The van der Waals surface area contributed by atoms with Gasteiger partial charge in [0.25, 0.3) is 10.0 Å². The van der Waals surface area contributed by atoms with Crippen LogP contribution >= 0.6 is 23.1 Å². The molecular weight excluding hydrogens is 448 g/mol. The third-order valence-corrected chi connectivity index (χ3v) is 9.36. The number of sulfonamides is 1. The lowest BCUT2D eigenvalue weighted by Gasteiger charge is -2.25.